The molecule has 2 aromatic carbocycles. The van der Waals surface area contributed by atoms with Crippen LogP contribution in [0.1, 0.15) is 12.5 Å². The summed E-state index contributed by atoms with van der Waals surface area (Å²) in [6, 6.07) is 16.6. The maximum atomic E-state index is 13.0. The molecule has 0 aliphatic rings. The van der Waals surface area contributed by atoms with Gasteiger partial charge in [-0.05, 0) is 49.7 Å². The lowest BCUT2D eigenvalue weighted by Crippen LogP contribution is -2.18. The van der Waals surface area contributed by atoms with Crippen LogP contribution in [-0.4, -0.2) is 21.0 Å². The van der Waals surface area contributed by atoms with E-state index in [1.165, 1.54) is 6.07 Å². The Kier molecular flexibility index (Phi) is 5.39. The average Bonchev–Trinajstić information content (AvgIpc) is 3.16. The van der Waals surface area contributed by atoms with Crippen LogP contribution >= 0.6 is 0 Å². The summed E-state index contributed by atoms with van der Waals surface area (Å²) in [6.45, 7) is 4.50. The van der Waals surface area contributed by atoms with E-state index in [0.717, 1.165) is 28.1 Å². The largest absolute Gasteiger partial charge is 0.494 e. The lowest BCUT2D eigenvalue weighted by molar-refractivity contribution is 0.340. The van der Waals surface area contributed by atoms with Crippen molar-refractivity contribution in [2.45, 2.75) is 13.8 Å². The molecule has 0 fully saturated rings. The zero-order valence-electron chi connectivity index (χ0n) is 17.2. The topological polar surface area (TPSA) is 58.3 Å². The van der Waals surface area contributed by atoms with Gasteiger partial charge in [0.2, 0.25) is 0 Å². The van der Waals surface area contributed by atoms with Crippen molar-refractivity contribution in [1.82, 2.24) is 14.3 Å². The maximum absolute atomic E-state index is 13.0. The van der Waals surface area contributed by atoms with Crippen LogP contribution in [0, 0.1) is 6.92 Å². The van der Waals surface area contributed by atoms with Crippen LogP contribution in [0.25, 0.3) is 16.8 Å². The number of hydrogen-bond donors (Lipinski definition) is 0. The lowest BCUT2D eigenvalue weighted by atomic mass is 10.1. The molecule has 6 heteroatoms. The fraction of sp³-hybridized carbons (Fsp3) is 0.167. The maximum Gasteiger partial charge on any atom is 0.258 e. The Labute approximate surface area is 174 Å². The summed E-state index contributed by atoms with van der Waals surface area (Å²) in [5.41, 5.74) is 3.19. The predicted molar refractivity (Wildman–Crippen MR) is 117 cm³/mol. The third kappa shape index (κ3) is 3.98. The molecular weight excluding hydrogens is 378 g/mol. The summed E-state index contributed by atoms with van der Waals surface area (Å²) in [7, 11) is 1.86. The van der Waals surface area contributed by atoms with Gasteiger partial charge in [-0.25, -0.2) is 0 Å². The minimum absolute atomic E-state index is 0.180. The summed E-state index contributed by atoms with van der Waals surface area (Å²) in [5.74, 6) is 1.93. The van der Waals surface area contributed by atoms with E-state index in [2.05, 4.69) is 5.10 Å². The number of aryl methyl sites for hydroxylation is 2. The normalized spacial score (nSPS) is 10.8. The first-order valence-corrected chi connectivity index (χ1v) is 9.77. The van der Waals surface area contributed by atoms with Gasteiger partial charge in [0.05, 0.1) is 18.5 Å². The third-order valence-corrected chi connectivity index (χ3v) is 4.74. The van der Waals surface area contributed by atoms with Crippen molar-refractivity contribution in [1.29, 1.82) is 0 Å². The van der Waals surface area contributed by atoms with E-state index < -0.39 is 0 Å². The van der Waals surface area contributed by atoms with E-state index in [9.17, 15) is 4.79 Å². The Morgan fingerprint density at radius 3 is 2.47 bits per heavy atom. The van der Waals surface area contributed by atoms with Gasteiger partial charge in [-0.1, -0.05) is 18.2 Å². The van der Waals surface area contributed by atoms with Crippen molar-refractivity contribution in [3.63, 3.8) is 0 Å². The highest BCUT2D eigenvalue weighted by Gasteiger charge is 2.15. The molecule has 0 spiro atoms. The van der Waals surface area contributed by atoms with E-state index in [1.807, 2.05) is 75.6 Å². The summed E-state index contributed by atoms with van der Waals surface area (Å²) < 4.78 is 15.0. The Bertz CT molecular complexity index is 1230. The quantitative estimate of drug-likeness (QED) is 0.468. The van der Waals surface area contributed by atoms with Crippen LogP contribution in [0.4, 0.5) is 0 Å². The van der Waals surface area contributed by atoms with E-state index >= 15 is 0 Å². The Morgan fingerprint density at radius 2 is 1.80 bits per heavy atom. The molecule has 4 aromatic rings. The number of para-hydroxylation sites is 1. The van der Waals surface area contributed by atoms with E-state index in [1.54, 1.807) is 21.6 Å². The van der Waals surface area contributed by atoms with Gasteiger partial charge in [0.25, 0.3) is 5.56 Å². The molecule has 4 rings (SSSR count). The van der Waals surface area contributed by atoms with Gasteiger partial charge in [0, 0.05) is 36.6 Å². The van der Waals surface area contributed by atoms with Gasteiger partial charge in [-0.15, -0.1) is 0 Å². The van der Waals surface area contributed by atoms with Gasteiger partial charge in [-0.3, -0.25) is 14.0 Å². The summed E-state index contributed by atoms with van der Waals surface area (Å²) >= 11 is 0. The van der Waals surface area contributed by atoms with Crippen LogP contribution in [0.2, 0.25) is 0 Å². The number of pyridine rings is 1. The monoisotopic (exact) mass is 401 g/mol. The van der Waals surface area contributed by atoms with Crippen LogP contribution in [0.15, 0.2) is 78.0 Å². The van der Waals surface area contributed by atoms with Crippen LogP contribution in [0.5, 0.6) is 17.2 Å². The minimum atomic E-state index is -0.180. The van der Waals surface area contributed by atoms with Crippen molar-refractivity contribution < 1.29 is 9.47 Å². The van der Waals surface area contributed by atoms with Gasteiger partial charge >= 0.3 is 0 Å². The minimum Gasteiger partial charge on any atom is -0.494 e. The third-order valence-electron chi connectivity index (χ3n) is 4.74. The van der Waals surface area contributed by atoms with Gasteiger partial charge in [0.1, 0.15) is 17.2 Å². The number of aromatic nitrogens is 3. The molecule has 2 aromatic heterocycles. The van der Waals surface area contributed by atoms with Crippen LogP contribution in [0.3, 0.4) is 0 Å². The molecule has 30 heavy (non-hydrogen) atoms. The number of hydrogen-bond acceptors (Lipinski definition) is 4. The van der Waals surface area contributed by atoms with E-state index in [0.29, 0.717) is 18.1 Å². The molecule has 6 nitrogen and oxygen atoms in total. The molecule has 0 atom stereocenters. The molecule has 0 aliphatic carbocycles. The van der Waals surface area contributed by atoms with Crippen LogP contribution in [-0.2, 0) is 7.05 Å². The summed E-state index contributed by atoms with van der Waals surface area (Å²) in [6.07, 6.45) is 5.46. The van der Waals surface area contributed by atoms with E-state index in [4.69, 9.17) is 9.47 Å². The highest BCUT2D eigenvalue weighted by Crippen LogP contribution is 2.33. The Balaban J connectivity index is 1.84. The zero-order chi connectivity index (χ0) is 21.1. The fourth-order valence-electron chi connectivity index (χ4n) is 3.34. The molecule has 0 bridgehead atoms. The number of ether oxygens (including phenoxy) is 2. The second kappa shape index (κ2) is 8.29. The lowest BCUT2D eigenvalue weighted by Gasteiger charge is -2.15. The van der Waals surface area contributed by atoms with Crippen molar-refractivity contribution in [2.75, 3.05) is 6.61 Å². The Morgan fingerprint density at radius 1 is 1.00 bits per heavy atom. The highest BCUT2D eigenvalue weighted by molar-refractivity contribution is 5.69. The average molecular weight is 401 g/mol. The van der Waals surface area contributed by atoms with Crippen molar-refractivity contribution >= 4 is 0 Å². The number of nitrogens with zero attached hydrogens (tertiary/aromatic N) is 3. The summed E-state index contributed by atoms with van der Waals surface area (Å²) in [4.78, 5) is 13.0. The Hall–Kier alpha value is -3.80. The molecule has 152 valence electrons. The second-order valence-electron chi connectivity index (χ2n) is 6.96. The van der Waals surface area contributed by atoms with Gasteiger partial charge in [-0.2, -0.15) is 5.10 Å². The predicted octanol–water partition coefficient (Wildman–Crippen LogP) is 4.74. The molecule has 0 N–H and O–H groups in total. The molecule has 0 unspecified atom stereocenters. The standard InChI is InChI=1S/C24H23N3O3/c1-4-29-20-10-11-22(17(2)12-20)27-16-21(18-14-25-26(3)15-18)23(13-24(27)28)30-19-8-6-5-7-9-19/h5-16H,4H2,1-3H3. The molecule has 0 saturated heterocycles. The fourth-order valence-corrected chi connectivity index (χ4v) is 3.34. The second-order valence-corrected chi connectivity index (χ2v) is 6.96. The smallest absolute Gasteiger partial charge is 0.258 e. The first-order valence-electron chi connectivity index (χ1n) is 9.77. The zero-order valence-corrected chi connectivity index (χ0v) is 17.2. The van der Waals surface area contributed by atoms with Crippen molar-refractivity contribution in [3.05, 3.63) is 89.1 Å². The molecular formula is C24H23N3O3. The van der Waals surface area contributed by atoms with Gasteiger partial charge < -0.3 is 9.47 Å². The first kappa shape index (κ1) is 19.5. The number of benzene rings is 2. The molecule has 0 amide bonds. The first-order chi connectivity index (χ1) is 14.5. The number of rotatable bonds is 6. The summed E-state index contributed by atoms with van der Waals surface area (Å²) in [5, 5.41) is 4.27. The van der Waals surface area contributed by atoms with Crippen LogP contribution < -0.4 is 15.0 Å². The van der Waals surface area contributed by atoms with Gasteiger partial charge in [0.15, 0.2) is 0 Å². The molecule has 2 heterocycles. The van der Waals surface area contributed by atoms with E-state index in [-0.39, 0.29) is 5.56 Å². The van der Waals surface area contributed by atoms with Crippen molar-refractivity contribution in [3.8, 4) is 34.1 Å². The molecule has 0 aliphatic heterocycles. The highest BCUT2D eigenvalue weighted by atomic mass is 16.5. The molecule has 0 saturated carbocycles. The SMILES string of the molecule is CCOc1ccc(-n2cc(-c3cnn(C)c3)c(Oc3ccccc3)cc2=O)c(C)c1. The van der Waals surface area contributed by atoms with Crippen molar-refractivity contribution in [2.24, 2.45) is 7.05 Å². The molecule has 0 radical (unpaired) electrons.